The normalized spacial score (nSPS) is 12.2. The summed E-state index contributed by atoms with van der Waals surface area (Å²) in [6.07, 6.45) is 3.72. The average molecular weight is 304 g/mol. The second kappa shape index (κ2) is 7.41. The van der Waals surface area contributed by atoms with E-state index in [1.807, 2.05) is 11.3 Å². The monoisotopic (exact) mass is 304 g/mol. The summed E-state index contributed by atoms with van der Waals surface area (Å²) in [6.45, 7) is 9.47. The first-order valence-electron chi connectivity index (χ1n) is 7.47. The van der Waals surface area contributed by atoms with Crippen molar-refractivity contribution in [1.29, 1.82) is 0 Å². The predicted molar refractivity (Wildman–Crippen MR) is 91.4 cm³/mol. The van der Waals surface area contributed by atoms with Crippen molar-refractivity contribution in [2.75, 3.05) is 17.2 Å². The van der Waals surface area contributed by atoms with E-state index < -0.39 is 0 Å². The number of thiophene rings is 1. The fourth-order valence-electron chi connectivity index (χ4n) is 2.20. The van der Waals surface area contributed by atoms with Crippen LogP contribution in [0.25, 0.3) is 0 Å². The molecular weight excluding hydrogens is 280 g/mol. The second-order valence-corrected chi connectivity index (χ2v) is 6.76. The zero-order valence-corrected chi connectivity index (χ0v) is 14.0. The molecule has 4 nitrogen and oxygen atoms in total. The minimum Gasteiger partial charge on any atom is -0.370 e. The van der Waals surface area contributed by atoms with Gasteiger partial charge in [-0.1, -0.05) is 6.92 Å². The summed E-state index contributed by atoms with van der Waals surface area (Å²) in [7, 11) is 0. The number of anilines is 2. The summed E-state index contributed by atoms with van der Waals surface area (Å²) in [6, 6.07) is 4.73. The van der Waals surface area contributed by atoms with Gasteiger partial charge in [0.05, 0.1) is 0 Å². The van der Waals surface area contributed by atoms with Crippen LogP contribution < -0.4 is 10.6 Å². The SMILES string of the molecule is CCCNc1ncnc(NC(C)Cc2ccc(C)s2)c1C. The highest BCUT2D eigenvalue weighted by molar-refractivity contribution is 7.11. The fraction of sp³-hybridized carbons (Fsp3) is 0.500. The highest BCUT2D eigenvalue weighted by atomic mass is 32.1. The molecule has 21 heavy (non-hydrogen) atoms. The first-order chi connectivity index (χ1) is 10.1. The molecule has 2 aromatic rings. The molecule has 0 aliphatic heterocycles. The number of hydrogen-bond donors (Lipinski definition) is 2. The quantitative estimate of drug-likeness (QED) is 0.811. The Morgan fingerprint density at radius 3 is 2.62 bits per heavy atom. The maximum absolute atomic E-state index is 4.37. The second-order valence-electron chi connectivity index (χ2n) is 5.38. The summed E-state index contributed by atoms with van der Waals surface area (Å²) in [5.41, 5.74) is 1.08. The van der Waals surface area contributed by atoms with Gasteiger partial charge in [0.2, 0.25) is 0 Å². The van der Waals surface area contributed by atoms with Crippen LogP contribution in [0.15, 0.2) is 18.5 Å². The third kappa shape index (κ3) is 4.43. The molecular formula is C16H24N4S. The van der Waals surface area contributed by atoms with Crippen LogP contribution in [0.4, 0.5) is 11.6 Å². The topological polar surface area (TPSA) is 49.8 Å². The van der Waals surface area contributed by atoms with Crippen LogP contribution in [0.3, 0.4) is 0 Å². The Labute approximate surface area is 131 Å². The number of aromatic nitrogens is 2. The lowest BCUT2D eigenvalue weighted by atomic mass is 10.2. The number of rotatable bonds is 7. The molecule has 1 atom stereocenters. The summed E-state index contributed by atoms with van der Waals surface area (Å²) in [4.78, 5) is 11.5. The van der Waals surface area contributed by atoms with Gasteiger partial charge in [0.1, 0.15) is 18.0 Å². The van der Waals surface area contributed by atoms with Gasteiger partial charge in [-0.15, -0.1) is 11.3 Å². The molecule has 2 rings (SSSR count). The number of nitrogens with one attached hydrogen (secondary N) is 2. The molecule has 2 N–H and O–H groups in total. The van der Waals surface area contributed by atoms with Crippen LogP contribution >= 0.6 is 11.3 Å². The van der Waals surface area contributed by atoms with Crippen molar-refractivity contribution in [2.45, 2.75) is 46.6 Å². The molecule has 0 aliphatic carbocycles. The van der Waals surface area contributed by atoms with E-state index in [1.165, 1.54) is 9.75 Å². The summed E-state index contributed by atoms with van der Waals surface area (Å²) < 4.78 is 0. The first-order valence-corrected chi connectivity index (χ1v) is 8.29. The molecule has 0 aromatic carbocycles. The fourth-order valence-corrected chi connectivity index (χ4v) is 3.22. The Bertz CT molecular complexity index is 579. The lowest BCUT2D eigenvalue weighted by molar-refractivity contribution is 0.791. The summed E-state index contributed by atoms with van der Waals surface area (Å²) in [5, 5.41) is 6.84. The summed E-state index contributed by atoms with van der Waals surface area (Å²) in [5.74, 6) is 1.85. The van der Waals surface area contributed by atoms with Crippen LogP contribution in [0.1, 0.15) is 35.6 Å². The molecule has 0 bridgehead atoms. The van der Waals surface area contributed by atoms with Crippen molar-refractivity contribution >= 4 is 23.0 Å². The van der Waals surface area contributed by atoms with Gasteiger partial charge in [0.15, 0.2) is 0 Å². The average Bonchev–Trinajstić information content (AvgIpc) is 2.85. The molecule has 2 heterocycles. The van der Waals surface area contributed by atoms with Crippen LogP contribution in [0.5, 0.6) is 0 Å². The number of aryl methyl sites for hydroxylation is 1. The Hall–Kier alpha value is -1.62. The van der Waals surface area contributed by atoms with Crippen molar-refractivity contribution < 1.29 is 0 Å². The Morgan fingerprint density at radius 2 is 1.95 bits per heavy atom. The molecule has 1 unspecified atom stereocenters. The molecule has 0 aliphatic rings. The van der Waals surface area contributed by atoms with Crippen LogP contribution in [-0.4, -0.2) is 22.6 Å². The molecule has 2 aromatic heterocycles. The molecule has 5 heteroatoms. The van der Waals surface area contributed by atoms with E-state index >= 15 is 0 Å². The molecule has 0 saturated carbocycles. The van der Waals surface area contributed by atoms with Crippen LogP contribution in [0.2, 0.25) is 0 Å². The lowest BCUT2D eigenvalue weighted by Gasteiger charge is -2.17. The van der Waals surface area contributed by atoms with Gasteiger partial charge in [0.25, 0.3) is 0 Å². The van der Waals surface area contributed by atoms with E-state index in [0.29, 0.717) is 6.04 Å². The maximum atomic E-state index is 4.37. The smallest absolute Gasteiger partial charge is 0.134 e. The van der Waals surface area contributed by atoms with Gasteiger partial charge in [-0.2, -0.15) is 0 Å². The number of hydrogen-bond acceptors (Lipinski definition) is 5. The molecule has 0 radical (unpaired) electrons. The van der Waals surface area contributed by atoms with Crippen molar-refractivity contribution in [3.05, 3.63) is 33.8 Å². The van der Waals surface area contributed by atoms with Gasteiger partial charge in [0, 0.05) is 34.3 Å². The van der Waals surface area contributed by atoms with Crippen molar-refractivity contribution in [2.24, 2.45) is 0 Å². The minimum absolute atomic E-state index is 0.343. The minimum atomic E-state index is 0.343. The van der Waals surface area contributed by atoms with E-state index in [9.17, 15) is 0 Å². The predicted octanol–water partition coefficient (Wildman–Crippen LogP) is 4.02. The molecule has 114 valence electrons. The van der Waals surface area contributed by atoms with Crippen LogP contribution in [0, 0.1) is 13.8 Å². The van der Waals surface area contributed by atoms with Gasteiger partial charge in [-0.3, -0.25) is 0 Å². The highest BCUT2D eigenvalue weighted by Crippen LogP contribution is 2.21. The van der Waals surface area contributed by atoms with Crippen molar-refractivity contribution in [1.82, 2.24) is 9.97 Å². The largest absolute Gasteiger partial charge is 0.370 e. The van der Waals surface area contributed by atoms with E-state index in [4.69, 9.17) is 0 Å². The van der Waals surface area contributed by atoms with Gasteiger partial charge >= 0.3 is 0 Å². The maximum Gasteiger partial charge on any atom is 0.134 e. The Morgan fingerprint density at radius 1 is 1.19 bits per heavy atom. The first kappa shape index (κ1) is 15.8. The van der Waals surface area contributed by atoms with Crippen LogP contribution in [-0.2, 0) is 6.42 Å². The zero-order chi connectivity index (χ0) is 15.2. The van der Waals surface area contributed by atoms with Gasteiger partial charge < -0.3 is 10.6 Å². The third-order valence-corrected chi connectivity index (χ3v) is 4.34. The van der Waals surface area contributed by atoms with E-state index in [-0.39, 0.29) is 0 Å². The van der Waals surface area contributed by atoms with E-state index in [0.717, 1.165) is 36.6 Å². The van der Waals surface area contributed by atoms with Crippen molar-refractivity contribution in [3.63, 3.8) is 0 Å². The van der Waals surface area contributed by atoms with Crippen molar-refractivity contribution in [3.8, 4) is 0 Å². The Kier molecular flexibility index (Phi) is 5.56. The molecule has 0 saturated heterocycles. The molecule has 0 spiro atoms. The molecule has 0 fully saturated rings. The zero-order valence-electron chi connectivity index (χ0n) is 13.2. The Balaban J connectivity index is 2.01. The van der Waals surface area contributed by atoms with Gasteiger partial charge in [-0.05, 0) is 39.3 Å². The summed E-state index contributed by atoms with van der Waals surface area (Å²) >= 11 is 1.86. The lowest BCUT2D eigenvalue weighted by Crippen LogP contribution is -2.19. The standard InChI is InChI=1S/C16H24N4S/c1-5-8-17-15-13(4)16(19-10-18-15)20-11(2)9-14-7-6-12(3)21-14/h6-7,10-11H,5,8-9H2,1-4H3,(H2,17,18,19,20). The third-order valence-electron chi connectivity index (χ3n) is 3.31. The van der Waals surface area contributed by atoms with Gasteiger partial charge in [-0.25, -0.2) is 9.97 Å². The molecule has 0 amide bonds. The number of nitrogens with zero attached hydrogens (tertiary/aromatic N) is 2. The van der Waals surface area contributed by atoms with E-state index in [2.05, 4.69) is 60.4 Å². The highest BCUT2D eigenvalue weighted by Gasteiger charge is 2.10. The van der Waals surface area contributed by atoms with E-state index in [1.54, 1.807) is 6.33 Å².